The molecule has 1 aromatic carbocycles. The summed E-state index contributed by atoms with van der Waals surface area (Å²) in [6.07, 6.45) is 4.03. The monoisotopic (exact) mass is 300 g/mol. The smallest absolute Gasteiger partial charge is 0.226 e. The molecule has 0 unspecified atom stereocenters. The SMILES string of the molecule is CN(C(=O)Cc1ccc(-n2cnnn2)cc1)C1CCNCC1. The van der Waals surface area contributed by atoms with Crippen LogP contribution in [0.3, 0.4) is 0 Å². The minimum absolute atomic E-state index is 0.169. The summed E-state index contributed by atoms with van der Waals surface area (Å²) in [5.41, 5.74) is 1.88. The van der Waals surface area contributed by atoms with Crippen molar-refractivity contribution < 1.29 is 4.79 Å². The lowest BCUT2D eigenvalue weighted by atomic mass is 10.0. The van der Waals surface area contributed by atoms with Crippen molar-refractivity contribution in [3.05, 3.63) is 36.2 Å². The molecule has 0 aliphatic carbocycles. The normalized spacial score (nSPS) is 15.7. The van der Waals surface area contributed by atoms with Gasteiger partial charge in [-0.3, -0.25) is 4.79 Å². The van der Waals surface area contributed by atoms with Crippen molar-refractivity contribution in [2.75, 3.05) is 20.1 Å². The third kappa shape index (κ3) is 3.30. The van der Waals surface area contributed by atoms with E-state index in [0.29, 0.717) is 12.5 Å². The van der Waals surface area contributed by atoms with Gasteiger partial charge in [-0.15, -0.1) is 5.10 Å². The van der Waals surface area contributed by atoms with Gasteiger partial charge in [0.2, 0.25) is 5.91 Å². The fraction of sp³-hybridized carbons (Fsp3) is 0.467. The Kier molecular flexibility index (Phi) is 4.43. The Hall–Kier alpha value is -2.28. The number of tetrazole rings is 1. The molecular weight excluding hydrogens is 280 g/mol. The van der Waals surface area contributed by atoms with Gasteiger partial charge in [-0.2, -0.15) is 0 Å². The quantitative estimate of drug-likeness (QED) is 0.885. The van der Waals surface area contributed by atoms with E-state index in [0.717, 1.165) is 37.2 Å². The maximum Gasteiger partial charge on any atom is 0.226 e. The van der Waals surface area contributed by atoms with Gasteiger partial charge >= 0.3 is 0 Å². The molecule has 7 heteroatoms. The molecule has 1 aliphatic heterocycles. The van der Waals surface area contributed by atoms with Crippen LogP contribution in [0.4, 0.5) is 0 Å². The van der Waals surface area contributed by atoms with Gasteiger partial charge in [0.25, 0.3) is 0 Å². The summed E-state index contributed by atoms with van der Waals surface area (Å²) in [4.78, 5) is 14.3. The Morgan fingerprint density at radius 1 is 1.32 bits per heavy atom. The van der Waals surface area contributed by atoms with Crippen LogP contribution < -0.4 is 5.32 Å². The Labute approximate surface area is 129 Å². The van der Waals surface area contributed by atoms with E-state index in [1.165, 1.54) is 0 Å². The number of rotatable bonds is 4. The number of benzene rings is 1. The van der Waals surface area contributed by atoms with Crippen LogP contribution in [-0.4, -0.2) is 57.2 Å². The molecule has 1 amide bonds. The predicted octanol–water partition coefficient (Wildman–Crippen LogP) is 0.415. The highest BCUT2D eigenvalue weighted by Gasteiger charge is 2.21. The van der Waals surface area contributed by atoms with Crippen molar-refractivity contribution in [1.82, 2.24) is 30.4 Å². The summed E-state index contributed by atoms with van der Waals surface area (Å²) in [6.45, 7) is 1.98. The lowest BCUT2D eigenvalue weighted by molar-refractivity contribution is -0.131. The Balaban J connectivity index is 1.61. The molecule has 116 valence electrons. The van der Waals surface area contributed by atoms with Gasteiger partial charge in [0.1, 0.15) is 6.33 Å². The van der Waals surface area contributed by atoms with Crippen molar-refractivity contribution >= 4 is 5.91 Å². The highest BCUT2D eigenvalue weighted by Crippen LogP contribution is 2.13. The van der Waals surface area contributed by atoms with E-state index in [1.807, 2.05) is 36.2 Å². The van der Waals surface area contributed by atoms with Gasteiger partial charge in [-0.1, -0.05) is 12.1 Å². The number of hydrogen-bond donors (Lipinski definition) is 1. The van der Waals surface area contributed by atoms with E-state index in [4.69, 9.17) is 0 Å². The minimum atomic E-state index is 0.169. The topological polar surface area (TPSA) is 75.9 Å². The zero-order valence-electron chi connectivity index (χ0n) is 12.6. The highest BCUT2D eigenvalue weighted by molar-refractivity contribution is 5.78. The molecule has 1 saturated heterocycles. The third-order valence-corrected chi connectivity index (χ3v) is 4.16. The van der Waals surface area contributed by atoms with Gasteiger partial charge in [-0.05, 0) is 54.1 Å². The number of aromatic nitrogens is 4. The Morgan fingerprint density at radius 3 is 2.68 bits per heavy atom. The van der Waals surface area contributed by atoms with Crippen LogP contribution in [0.1, 0.15) is 18.4 Å². The van der Waals surface area contributed by atoms with Gasteiger partial charge < -0.3 is 10.2 Å². The molecule has 0 saturated carbocycles. The van der Waals surface area contributed by atoms with Crippen molar-refractivity contribution in [1.29, 1.82) is 0 Å². The number of nitrogens with zero attached hydrogens (tertiary/aromatic N) is 5. The van der Waals surface area contributed by atoms with E-state index in [2.05, 4.69) is 20.8 Å². The lowest BCUT2D eigenvalue weighted by Gasteiger charge is -2.31. The maximum atomic E-state index is 12.4. The van der Waals surface area contributed by atoms with E-state index >= 15 is 0 Å². The molecule has 0 bridgehead atoms. The van der Waals surface area contributed by atoms with Crippen LogP contribution >= 0.6 is 0 Å². The van der Waals surface area contributed by atoms with Crippen LogP contribution in [0.2, 0.25) is 0 Å². The van der Waals surface area contributed by atoms with Crippen LogP contribution in [0.25, 0.3) is 5.69 Å². The largest absolute Gasteiger partial charge is 0.342 e. The van der Waals surface area contributed by atoms with Gasteiger partial charge in [0.15, 0.2) is 0 Å². The summed E-state index contributed by atoms with van der Waals surface area (Å²) in [7, 11) is 1.91. The third-order valence-electron chi connectivity index (χ3n) is 4.16. The van der Waals surface area contributed by atoms with Gasteiger partial charge in [0, 0.05) is 13.1 Å². The molecule has 1 aliphatic rings. The second-order valence-corrected chi connectivity index (χ2v) is 5.58. The van der Waals surface area contributed by atoms with Crippen LogP contribution in [0.5, 0.6) is 0 Å². The second-order valence-electron chi connectivity index (χ2n) is 5.58. The number of carbonyl (C=O) groups excluding carboxylic acids is 1. The molecule has 2 heterocycles. The van der Waals surface area contributed by atoms with Crippen LogP contribution in [-0.2, 0) is 11.2 Å². The number of amides is 1. The van der Waals surface area contributed by atoms with Crippen molar-refractivity contribution in [3.63, 3.8) is 0 Å². The maximum absolute atomic E-state index is 12.4. The first-order valence-corrected chi connectivity index (χ1v) is 7.53. The first kappa shape index (κ1) is 14.6. The van der Waals surface area contributed by atoms with Crippen LogP contribution in [0.15, 0.2) is 30.6 Å². The average Bonchev–Trinajstić information content (AvgIpc) is 3.10. The van der Waals surface area contributed by atoms with Gasteiger partial charge in [-0.25, -0.2) is 4.68 Å². The molecule has 22 heavy (non-hydrogen) atoms. The molecule has 0 atom stereocenters. The summed E-state index contributed by atoms with van der Waals surface area (Å²) < 4.78 is 1.59. The first-order chi connectivity index (χ1) is 10.7. The lowest BCUT2D eigenvalue weighted by Crippen LogP contribution is -2.44. The summed E-state index contributed by atoms with van der Waals surface area (Å²) in [5.74, 6) is 0.169. The molecule has 0 spiro atoms. The van der Waals surface area contributed by atoms with Gasteiger partial charge in [0.05, 0.1) is 12.1 Å². The molecule has 1 aromatic heterocycles. The number of hydrogen-bond acceptors (Lipinski definition) is 5. The number of piperidine rings is 1. The highest BCUT2D eigenvalue weighted by atomic mass is 16.2. The molecule has 7 nitrogen and oxygen atoms in total. The number of carbonyl (C=O) groups is 1. The van der Waals surface area contributed by atoms with Crippen molar-refractivity contribution in [3.8, 4) is 5.69 Å². The Morgan fingerprint density at radius 2 is 2.05 bits per heavy atom. The van der Waals surface area contributed by atoms with Crippen molar-refractivity contribution in [2.24, 2.45) is 0 Å². The van der Waals surface area contributed by atoms with E-state index in [1.54, 1.807) is 11.0 Å². The minimum Gasteiger partial charge on any atom is -0.342 e. The van der Waals surface area contributed by atoms with E-state index in [9.17, 15) is 4.79 Å². The predicted molar refractivity (Wildman–Crippen MR) is 81.5 cm³/mol. The summed E-state index contributed by atoms with van der Waals surface area (Å²) in [6, 6.07) is 8.10. The summed E-state index contributed by atoms with van der Waals surface area (Å²) in [5, 5.41) is 14.4. The van der Waals surface area contributed by atoms with Crippen molar-refractivity contribution in [2.45, 2.75) is 25.3 Å². The molecular formula is C15H20N6O. The zero-order valence-corrected chi connectivity index (χ0v) is 12.6. The zero-order chi connectivity index (χ0) is 15.4. The standard InChI is InChI=1S/C15H20N6O/c1-20(13-6-8-16-9-7-13)15(22)10-12-2-4-14(5-3-12)21-11-17-18-19-21/h2-5,11,13,16H,6-10H2,1H3. The van der Waals surface area contributed by atoms with Crippen LogP contribution in [0, 0.1) is 0 Å². The molecule has 1 N–H and O–H groups in total. The molecule has 0 radical (unpaired) electrons. The van der Waals surface area contributed by atoms with E-state index in [-0.39, 0.29) is 5.91 Å². The number of likely N-dealkylation sites (N-methyl/N-ethyl adjacent to an activating group) is 1. The average molecular weight is 300 g/mol. The Bertz CT molecular complexity index is 603. The van der Waals surface area contributed by atoms with E-state index < -0.39 is 0 Å². The molecule has 1 fully saturated rings. The molecule has 3 rings (SSSR count). The first-order valence-electron chi connectivity index (χ1n) is 7.53. The summed E-state index contributed by atoms with van der Waals surface area (Å²) >= 11 is 0. The fourth-order valence-corrected chi connectivity index (χ4v) is 2.74. The fourth-order valence-electron chi connectivity index (χ4n) is 2.74. The second kappa shape index (κ2) is 6.65. The molecule has 2 aromatic rings. The number of nitrogens with one attached hydrogen (secondary N) is 1.